The summed E-state index contributed by atoms with van der Waals surface area (Å²) in [6.07, 6.45) is 10.3. The molecule has 4 saturated carbocycles. The molecule has 3 nitrogen and oxygen atoms in total. The monoisotopic (exact) mass is 281 g/mol. The van der Waals surface area contributed by atoms with Gasteiger partial charge in [0.05, 0.1) is 5.69 Å². The number of nitriles is 1. The first kappa shape index (κ1) is 13.1. The van der Waals surface area contributed by atoms with Crippen LogP contribution in [0.3, 0.4) is 0 Å². The van der Waals surface area contributed by atoms with Gasteiger partial charge in [-0.3, -0.25) is 0 Å². The molecule has 1 aromatic heterocycles. The van der Waals surface area contributed by atoms with Crippen molar-refractivity contribution in [2.24, 2.45) is 23.2 Å². The Morgan fingerprint density at radius 1 is 1.24 bits per heavy atom. The van der Waals surface area contributed by atoms with Gasteiger partial charge in [-0.2, -0.15) is 5.26 Å². The van der Waals surface area contributed by atoms with Gasteiger partial charge in [0.2, 0.25) is 0 Å². The van der Waals surface area contributed by atoms with Crippen LogP contribution in [-0.4, -0.2) is 11.0 Å². The fourth-order valence-corrected chi connectivity index (χ4v) is 5.71. The minimum Gasteiger partial charge on any atom is -0.380 e. The summed E-state index contributed by atoms with van der Waals surface area (Å²) in [4.78, 5) is 4.17. The number of nitrogens with zero attached hydrogens (tertiary/aromatic N) is 2. The second kappa shape index (κ2) is 4.73. The summed E-state index contributed by atoms with van der Waals surface area (Å²) >= 11 is 0. The fourth-order valence-electron chi connectivity index (χ4n) is 5.71. The molecule has 4 bridgehead atoms. The number of aromatic nitrogens is 1. The SMILES string of the molecule is CC(Nc1cccnc1C#N)C12CC3CC(CC(C3)C1)C2. The molecule has 4 aliphatic rings. The van der Waals surface area contributed by atoms with Gasteiger partial charge in [0.15, 0.2) is 5.69 Å². The smallest absolute Gasteiger partial charge is 0.163 e. The van der Waals surface area contributed by atoms with Crippen molar-refractivity contribution in [2.45, 2.75) is 51.5 Å². The lowest BCUT2D eigenvalue weighted by atomic mass is 9.48. The zero-order chi connectivity index (χ0) is 14.4. The van der Waals surface area contributed by atoms with E-state index in [-0.39, 0.29) is 0 Å². The van der Waals surface area contributed by atoms with Crippen LogP contribution < -0.4 is 5.32 Å². The lowest BCUT2D eigenvalue weighted by Crippen LogP contribution is -2.52. The third kappa shape index (κ3) is 2.12. The lowest BCUT2D eigenvalue weighted by Gasteiger charge is -2.59. The number of hydrogen-bond acceptors (Lipinski definition) is 3. The third-order valence-corrected chi connectivity index (χ3v) is 6.29. The number of anilines is 1. The highest BCUT2D eigenvalue weighted by Crippen LogP contribution is 2.61. The maximum Gasteiger partial charge on any atom is 0.163 e. The normalized spacial score (nSPS) is 38.0. The number of pyridine rings is 1. The van der Waals surface area contributed by atoms with Gasteiger partial charge in [0.1, 0.15) is 6.07 Å². The average molecular weight is 281 g/mol. The molecule has 0 saturated heterocycles. The van der Waals surface area contributed by atoms with Crippen molar-refractivity contribution in [3.63, 3.8) is 0 Å². The molecule has 21 heavy (non-hydrogen) atoms. The number of hydrogen-bond donors (Lipinski definition) is 1. The van der Waals surface area contributed by atoms with Gasteiger partial charge in [-0.25, -0.2) is 4.98 Å². The van der Waals surface area contributed by atoms with Gasteiger partial charge in [-0.05, 0) is 80.8 Å². The molecule has 0 aromatic carbocycles. The Morgan fingerprint density at radius 3 is 2.43 bits per heavy atom. The Hall–Kier alpha value is -1.56. The van der Waals surface area contributed by atoms with Gasteiger partial charge in [0, 0.05) is 12.2 Å². The molecule has 4 fully saturated rings. The molecule has 5 rings (SSSR count). The predicted octanol–water partition coefficient (Wildman–Crippen LogP) is 3.97. The van der Waals surface area contributed by atoms with E-state index in [1.54, 1.807) is 6.20 Å². The van der Waals surface area contributed by atoms with Crippen LogP contribution in [0.25, 0.3) is 0 Å². The van der Waals surface area contributed by atoms with Crippen LogP contribution in [-0.2, 0) is 0 Å². The minimum atomic E-state index is 0.433. The predicted molar refractivity (Wildman–Crippen MR) is 82.6 cm³/mol. The van der Waals surface area contributed by atoms with Gasteiger partial charge in [-0.15, -0.1) is 0 Å². The maximum atomic E-state index is 9.21. The number of nitrogens with one attached hydrogen (secondary N) is 1. The van der Waals surface area contributed by atoms with Gasteiger partial charge in [0.25, 0.3) is 0 Å². The highest BCUT2D eigenvalue weighted by atomic mass is 15.0. The van der Waals surface area contributed by atoms with Gasteiger partial charge in [-0.1, -0.05) is 0 Å². The van der Waals surface area contributed by atoms with Crippen LogP contribution >= 0.6 is 0 Å². The van der Waals surface area contributed by atoms with Crippen molar-refractivity contribution in [3.8, 4) is 6.07 Å². The highest BCUT2D eigenvalue weighted by molar-refractivity contribution is 5.54. The maximum absolute atomic E-state index is 9.21. The lowest BCUT2D eigenvalue weighted by molar-refractivity contribution is -0.0602. The van der Waals surface area contributed by atoms with Gasteiger partial charge < -0.3 is 5.32 Å². The van der Waals surface area contributed by atoms with E-state index in [0.29, 0.717) is 17.2 Å². The Labute approximate surface area is 126 Å². The summed E-state index contributed by atoms with van der Waals surface area (Å²) in [5.41, 5.74) is 1.88. The van der Waals surface area contributed by atoms with Crippen molar-refractivity contribution in [1.82, 2.24) is 4.98 Å². The summed E-state index contributed by atoms with van der Waals surface area (Å²) in [6.45, 7) is 2.32. The Bertz CT molecular complexity index is 551. The van der Waals surface area contributed by atoms with E-state index in [9.17, 15) is 5.26 Å². The molecule has 110 valence electrons. The van der Waals surface area contributed by atoms with Crippen LogP contribution in [0, 0.1) is 34.5 Å². The van der Waals surface area contributed by atoms with Crippen molar-refractivity contribution < 1.29 is 0 Å². The van der Waals surface area contributed by atoms with Crippen molar-refractivity contribution in [3.05, 3.63) is 24.0 Å². The van der Waals surface area contributed by atoms with Crippen molar-refractivity contribution in [1.29, 1.82) is 5.26 Å². The Morgan fingerprint density at radius 2 is 1.86 bits per heavy atom. The highest BCUT2D eigenvalue weighted by Gasteiger charge is 2.53. The average Bonchev–Trinajstić information content (AvgIpc) is 2.46. The first-order chi connectivity index (χ1) is 10.2. The molecule has 0 spiro atoms. The molecule has 0 aliphatic heterocycles. The molecule has 1 unspecified atom stereocenters. The molecular weight excluding hydrogens is 258 g/mol. The molecule has 0 radical (unpaired) electrons. The Kier molecular flexibility index (Phi) is 2.96. The quantitative estimate of drug-likeness (QED) is 0.912. The topological polar surface area (TPSA) is 48.7 Å². The van der Waals surface area contributed by atoms with Crippen molar-refractivity contribution >= 4 is 5.69 Å². The molecule has 1 aromatic rings. The summed E-state index contributed by atoms with van der Waals surface area (Å²) in [7, 11) is 0. The van der Waals surface area contributed by atoms with Crippen molar-refractivity contribution in [2.75, 3.05) is 5.32 Å². The van der Waals surface area contributed by atoms with E-state index in [1.807, 2.05) is 12.1 Å². The molecule has 4 aliphatic carbocycles. The van der Waals surface area contributed by atoms with Crippen LogP contribution in [0.5, 0.6) is 0 Å². The summed E-state index contributed by atoms with van der Waals surface area (Å²) in [5, 5.41) is 12.8. The first-order valence-electron chi connectivity index (χ1n) is 8.30. The molecule has 0 amide bonds. The number of rotatable bonds is 3. The zero-order valence-corrected chi connectivity index (χ0v) is 12.7. The van der Waals surface area contributed by atoms with Gasteiger partial charge >= 0.3 is 0 Å². The standard InChI is InChI=1S/C18H23N3/c1-12(21-16-3-2-4-20-17(16)11-19)18-8-13-5-14(9-18)7-15(6-13)10-18/h2-4,12-15,21H,5-10H2,1H3. The second-order valence-electron chi connectivity index (χ2n) is 7.66. The molecule has 1 atom stereocenters. The Balaban J connectivity index is 1.58. The van der Waals surface area contributed by atoms with Crippen LogP contribution in [0.15, 0.2) is 18.3 Å². The summed E-state index contributed by atoms with van der Waals surface area (Å²) in [6, 6.07) is 6.53. The zero-order valence-electron chi connectivity index (χ0n) is 12.7. The summed E-state index contributed by atoms with van der Waals surface area (Å²) < 4.78 is 0. The first-order valence-corrected chi connectivity index (χ1v) is 8.30. The molecule has 3 heteroatoms. The van der Waals surface area contributed by atoms with E-state index in [4.69, 9.17) is 0 Å². The summed E-state index contributed by atoms with van der Waals surface area (Å²) in [5.74, 6) is 2.89. The molecule has 1 N–H and O–H groups in total. The van der Waals surface area contributed by atoms with E-state index in [2.05, 4.69) is 23.3 Å². The van der Waals surface area contributed by atoms with E-state index in [0.717, 1.165) is 23.4 Å². The van der Waals surface area contributed by atoms with Crippen LogP contribution in [0.1, 0.15) is 51.1 Å². The fraction of sp³-hybridized carbons (Fsp3) is 0.667. The third-order valence-electron chi connectivity index (χ3n) is 6.29. The van der Waals surface area contributed by atoms with E-state index >= 15 is 0 Å². The van der Waals surface area contributed by atoms with E-state index in [1.165, 1.54) is 38.5 Å². The molecule has 1 heterocycles. The van der Waals surface area contributed by atoms with Crippen LogP contribution in [0.4, 0.5) is 5.69 Å². The van der Waals surface area contributed by atoms with E-state index < -0.39 is 0 Å². The second-order valence-corrected chi connectivity index (χ2v) is 7.66. The largest absolute Gasteiger partial charge is 0.380 e. The van der Waals surface area contributed by atoms with Crippen LogP contribution in [0.2, 0.25) is 0 Å². The minimum absolute atomic E-state index is 0.433. The molecular formula is C18H23N3.